The van der Waals surface area contributed by atoms with Gasteiger partial charge in [-0.1, -0.05) is 42.5 Å². The number of nitrogens with zero attached hydrogens (tertiary/aromatic N) is 4. The summed E-state index contributed by atoms with van der Waals surface area (Å²) in [5, 5.41) is 0. The Morgan fingerprint density at radius 2 is 1.65 bits per heavy atom. The Labute approximate surface area is 196 Å². The number of hydrogen-bond donors (Lipinski definition) is 0. The van der Waals surface area contributed by atoms with Crippen molar-refractivity contribution in [1.82, 2.24) is 14.9 Å². The number of benzene rings is 2. The molecule has 1 amide bonds. The maximum absolute atomic E-state index is 12.9. The SMILES string of the molecule is Cc1cc(N2CCN(C(=O)COCc3ccccc3)CC2)nc(-c2ccc(C(F)(F)F)cc2)n1. The molecule has 2 aromatic carbocycles. The lowest BCUT2D eigenvalue weighted by Crippen LogP contribution is -2.50. The number of piperazine rings is 1. The Balaban J connectivity index is 1.35. The zero-order valence-electron chi connectivity index (χ0n) is 18.8. The van der Waals surface area contributed by atoms with E-state index in [-0.39, 0.29) is 12.5 Å². The van der Waals surface area contributed by atoms with Gasteiger partial charge < -0.3 is 14.5 Å². The molecule has 1 aliphatic rings. The van der Waals surface area contributed by atoms with Crippen molar-refractivity contribution < 1.29 is 22.7 Å². The first-order chi connectivity index (χ1) is 16.3. The molecule has 3 aromatic rings. The monoisotopic (exact) mass is 470 g/mol. The maximum atomic E-state index is 12.9. The van der Waals surface area contributed by atoms with Gasteiger partial charge in [0, 0.05) is 43.5 Å². The number of rotatable bonds is 6. The van der Waals surface area contributed by atoms with E-state index in [1.54, 1.807) is 4.90 Å². The van der Waals surface area contributed by atoms with Gasteiger partial charge in [-0.2, -0.15) is 13.2 Å². The Hall–Kier alpha value is -3.46. The van der Waals surface area contributed by atoms with Crippen LogP contribution in [0.3, 0.4) is 0 Å². The number of carbonyl (C=O) groups excluding carboxylic acids is 1. The average Bonchev–Trinajstić information content (AvgIpc) is 2.84. The quantitative estimate of drug-likeness (QED) is 0.537. The lowest BCUT2D eigenvalue weighted by atomic mass is 10.1. The van der Waals surface area contributed by atoms with Crippen molar-refractivity contribution in [3.63, 3.8) is 0 Å². The number of hydrogen-bond acceptors (Lipinski definition) is 5. The highest BCUT2D eigenvalue weighted by Gasteiger charge is 2.30. The van der Waals surface area contributed by atoms with E-state index in [4.69, 9.17) is 4.74 Å². The molecule has 6 nitrogen and oxygen atoms in total. The number of amides is 1. The number of halogens is 3. The van der Waals surface area contributed by atoms with Gasteiger partial charge in [0.1, 0.15) is 12.4 Å². The van der Waals surface area contributed by atoms with Gasteiger partial charge in [0.2, 0.25) is 5.91 Å². The van der Waals surface area contributed by atoms with E-state index in [1.165, 1.54) is 12.1 Å². The second kappa shape index (κ2) is 10.2. The van der Waals surface area contributed by atoms with Crippen LogP contribution in [0.5, 0.6) is 0 Å². The van der Waals surface area contributed by atoms with Crippen LogP contribution >= 0.6 is 0 Å². The third-order valence-corrected chi connectivity index (χ3v) is 5.60. The normalized spacial score (nSPS) is 14.4. The molecule has 1 saturated heterocycles. The van der Waals surface area contributed by atoms with Gasteiger partial charge in [-0.15, -0.1) is 0 Å². The summed E-state index contributed by atoms with van der Waals surface area (Å²) in [6.07, 6.45) is -4.39. The molecule has 9 heteroatoms. The highest BCUT2D eigenvalue weighted by Crippen LogP contribution is 2.30. The molecular weight excluding hydrogens is 445 g/mol. The molecule has 0 unspecified atom stereocenters. The molecule has 4 rings (SSSR count). The van der Waals surface area contributed by atoms with E-state index in [1.807, 2.05) is 43.3 Å². The van der Waals surface area contributed by atoms with Crippen LogP contribution in [-0.2, 0) is 22.3 Å². The van der Waals surface area contributed by atoms with Gasteiger partial charge in [0.15, 0.2) is 5.82 Å². The summed E-state index contributed by atoms with van der Waals surface area (Å²) in [6.45, 7) is 4.49. The van der Waals surface area contributed by atoms with E-state index in [9.17, 15) is 18.0 Å². The number of anilines is 1. The summed E-state index contributed by atoms with van der Waals surface area (Å²) < 4.78 is 44.1. The summed E-state index contributed by atoms with van der Waals surface area (Å²) in [7, 11) is 0. The summed E-state index contributed by atoms with van der Waals surface area (Å²) in [5.74, 6) is 1.01. The van der Waals surface area contributed by atoms with Gasteiger partial charge in [-0.3, -0.25) is 4.79 Å². The summed E-state index contributed by atoms with van der Waals surface area (Å²) in [4.78, 5) is 25.3. The Morgan fingerprint density at radius 3 is 2.29 bits per heavy atom. The molecule has 0 saturated carbocycles. The highest BCUT2D eigenvalue weighted by molar-refractivity contribution is 5.77. The van der Waals surface area contributed by atoms with Gasteiger partial charge in [-0.05, 0) is 24.6 Å². The van der Waals surface area contributed by atoms with Crippen molar-refractivity contribution in [1.29, 1.82) is 0 Å². The summed E-state index contributed by atoms with van der Waals surface area (Å²) in [6, 6.07) is 16.4. The minimum atomic E-state index is -4.39. The molecule has 0 aliphatic carbocycles. The minimum absolute atomic E-state index is 0.0274. The molecule has 0 atom stereocenters. The number of aryl methyl sites for hydroxylation is 1. The first kappa shape index (κ1) is 23.7. The van der Waals surface area contributed by atoms with Gasteiger partial charge >= 0.3 is 6.18 Å². The van der Waals surface area contributed by atoms with Crippen LogP contribution in [0, 0.1) is 6.92 Å². The number of aromatic nitrogens is 2. The fraction of sp³-hybridized carbons (Fsp3) is 0.320. The van der Waals surface area contributed by atoms with E-state index in [0.717, 1.165) is 17.7 Å². The largest absolute Gasteiger partial charge is 0.416 e. The maximum Gasteiger partial charge on any atom is 0.416 e. The third kappa shape index (κ3) is 5.91. The number of ether oxygens (including phenoxy) is 1. The molecule has 0 N–H and O–H groups in total. The van der Waals surface area contributed by atoms with Gasteiger partial charge in [0.25, 0.3) is 0 Å². The molecule has 1 fully saturated rings. The first-order valence-electron chi connectivity index (χ1n) is 11.0. The number of alkyl halides is 3. The van der Waals surface area contributed by atoms with E-state index >= 15 is 0 Å². The first-order valence-corrected chi connectivity index (χ1v) is 11.0. The molecule has 34 heavy (non-hydrogen) atoms. The average molecular weight is 470 g/mol. The summed E-state index contributed by atoms with van der Waals surface area (Å²) >= 11 is 0. The predicted molar refractivity (Wildman–Crippen MR) is 122 cm³/mol. The highest BCUT2D eigenvalue weighted by atomic mass is 19.4. The predicted octanol–water partition coefficient (Wildman–Crippen LogP) is 4.34. The van der Waals surface area contributed by atoms with Crippen molar-refractivity contribution in [2.45, 2.75) is 19.7 Å². The molecule has 0 radical (unpaired) electrons. The second-order valence-corrected chi connectivity index (χ2v) is 8.11. The molecule has 0 bridgehead atoms. The number of carbonyl (C=O) groups is 1. The smallest absolute Gasteiger partial charge is 0.367 e. The van der Waals surface area contributed by atoms with E-state index in [0.29, 0.717) is 55.7 Å². The van der Waals surface area contributed by atoms with Crippen LogP contribution < -0.4 is 4.90 Å². The minimum Gasteiger partial charge on any atom is -0.367 e. The Morgan fingerprint density at radius 1 is 0.971 bits per heavy atom. The lowest BCUT2D eigenvalue weighted by Gasteiger charge is -2.35. The third-order valence-electron chi connectivity index (χ3n) is 5.60. The second-order valence-electron chi connectivity index (χ2n) is 8.11. The fourth-order valence-corrected chi connectivity index (χ4v) is 3.76. The fourth-order valence-electron chi connectivity index (χ4n) is 3.76. The van der Waals surface area contributed by atoms with E-state index < -0.39 is 11.7 Å². The van der Waals surface area contributed by atoms with E-state index in [2.05, 4.69) is 14.9 Å². The zero-order chi connectivity index (χ0) is 24.1. The van der Waals surface area contributed by atoms with Crippen LogP contribution in [0.25, 0.3) is 11.4 Å². The standard InChI is InChI=1S/C25H25F3N4O2/c1-18-15-22(30-24(29-18)20-7-9-21(10-8-20)25(26,27)28)31-11-13-32(14-12-31)23(33)17-34-16-19-5-3-2-4-6-19/h2-10,15H,11-14,16-17H2,1H3. The molecular formula is C25H25F3N4O2. The van der Waals surface area contributed by atoms with Gasteiger partial charge in [0.05, 0.1) is 12.2 Å². The van der Waals surface area contributed by atoms with Crippen LogP contribution in [0.4, 0.5) is 19.0 Å². The van der Waals surface area contributed by atoms with Crippen molar-refractivity contribution in [3.8, 4) is 11.4 Å². The van der Waals surface area contributed by atoms with Crippen molar-refractivity contribution in [2.75, 3.05) is 37.7 Å². The topological polar surface area (TPSA) is 58.6 Å². The van der Waals surface area contributed by atoms with Crippen LogP contribution in [-0.4, -0.2) is 53.6 Å². The molecule has 178 valence electrons. The van der Waals surface area contributed by atoms with Crippen LogP contribution in [0.15, 0.2) is 60.7 Å². The van der Waals surface area contributed by atoms with Gasteiger partial charge in [-0.25, -0.2) is 9.97 Å². The van der Waals surface area contributed by atoms with Crippen molar-refractivity contribution >= 4 is 11.7 Å². The Kier molecular flexibility index (Phi) is 7.12. The van der Waals surface area contributed by atoms with Crippen molar-refractivity contribution in [3.05, 3.63) is 77.5 Å². The zero-order valence-corrected chi connectivity index (χ0v) is 18.8. The molecule has 0 spiro atoms. The molecule has 1 aliphatic heterocycles. The lowest BCUT2D eigenvalue weighted by molar-refractivity contribution is -0.138. The van der Waals surface area contributed by atoms with Crippen LogP contribution in [0.2, 0.25) is 0 Å². The Bertz CT molecular complexity index is 1110. The summed E-state index contributed by atoms with van der Waals surface area (Å²) in [5.41, 5.74) is 1.54. The van der Waals surface area contributed by atoms with Crippen molar-refractivity contribution in [2.24, 2.45) is 0 Å². The molecule has 2 heterocycles. The van der Waals surface area contributed by atoms with Crippen LogP contribution in [0.1, 0.15) is 16.8 Å². The molecule has 1 aromatic heterocycles.